The van der Waals surface area contributed by atoms with Gasteiger partial charge in [-0.25, -0.2) is 15.0 Å². The van der Waals surface area contributed by atoms with Gasteiger partial charge in [-0.2, -0.15) is 0 Å². The Kier molecular flexibility index (Phi) is 31.0. The molecule has 3 rings (SSSR count). The number of carbonyl (C=O) groups is 6. The second kappa shape index (κ2) is 28.4. The van der Waals surface area contributed by atoms with Crippen molar-refractivity contribution in [3.63, 3.8) is 0 Å². The molecule has 25 heteroatoms. The molecule has 49 heavy (non-hydrogen) atoms. The molecule has 0 spiro atoms. The van der Waals surface area contributed by atoms with Gasteiger partial charge < -0.3 is 67.3 Å². The summed E-state index contributed by atoms with van der Waals surface area (Å²) >= 11 is 0. The van der Waals surface area contributed by atoms with Gasteiger partial charge in [-0.1, -0.05) is 0 Å². The smallest absolute Gasteiger partial charge is 0.550 e. The van der Waals surface area contributed by atoms with E-state index in [1.54, 1.807) is 0 Å². The van der Waals surface area contributed by atoms with Crippen molar-refractivity contribution in [2.45, 2.75) is 55.8 Å². The second-order valence-corrected chi connectivity index (χ2v) is 9.32. The predicted molar refractivity (Wildman–Crippen MR) is 152 cm³/mol. The maximum Gasteiger partial charge on any atom is 1.00 e. The Bertz CT molecular complexity index is 1190. The molecule has 22 nitrogen and oxygen atoms in total. The zero-order chi connectivity index (χ0) is 35.4. The Balaban J connectivity index is -0.000000270. The molecule has 0 saturated carbocycles. The van der Waals surface area contributed by atoms with Crippen LogP contribution in [-0.4, -0.2) is 136 Å². The van der Waals surface area contributed by atoms with Crippen LogP contribution >= 0.6 is 0 Å². The first-order valence-electron chi connectivity index (χ1n) is 12.8. The average Bonchev–Trinajstić information content (AvgIpc) is 3.74. The van der Waals surface area contributed by atoms with Gasteiger partial charge in [0.15, 0.2) is 0 Å². The van der Waals surface area contributed by atoms with Crippen molar-refractivity contribution in [3.8, 4) is 0 Å². The first-order chi connectivity index (χ1) is 21.4. The van der Waals surface area contributed by atoms with E-state index in [0.29, 0.717) is 19.6 Å². The molecule has 0 aliphatic carbocycles. The van der Waals surface area contributed by atoms with Crippen molar-refractivity contribution in [1.29, 1.82) is 0 Å². The number of aliphatic hydroxyl groups is 1. The van der Waals surface area contributed by atoms with E-state index in [-0.39, 0.29) is 108 Å². The van der Waals surface area contributed by atoms with E-state index >= 15 is 0 Å². The van der Waals surface area contributed by atoms with Crippen LogP contribution in [0, 0.1) is 0 Å². The third-order valence-corrected chi connectivity index (χ3v) is 5.36. The molecule has 10 N–H and O–H groups in total. The van der Waals surface area contributed by atoms with Crippen LogP contribution in [0.5, 0.6) is 0 Å². The summed E-state index contributed by atoms with van der Waals surface area (Å²) in [4.78, 5) is 83.7. The quantitative estimate of drug-likeness (QED) is 0.0818. The molecule has 0 radical (unpaired) electrons. The zero-order valence-electron chi connectivity index (χ0n) is 27.0. The number of rotatable bonds is 14. The maximum atomic E-state index is 10.3. The minimum atomic E-state index is -2.97. The Morgan fingerprint density at radius 3 is 1.00 bits per heavy atom. The van der Waals surface area contributed by atoms with Crippen LogP contribution in [0.15, 0.2) is 30.0 Å². The zero-order valence-corrected chi connectivity index (χ0v) is 33.0. The minimum absolute atomic E-state index is 0. The molecule has 0 unspecified atom stereocenters. The van der Waals surface area contributed by atoms with Gasteiger partial charge in [0.05, 0.1) is 25.6 Å². The summed E-state index contributed by atoms with van der Waals surface area (Å²) in [5, 5.41) is 64.2. The summed E-state index contributed by atoms with van der Waals surface area (Å²) in [6.45, 7) is 1.46. The van der Waals surface area contributed by atoms with E-state index in [0.717, 1.165) is 17.1 Å². The summed E-state index contributed by atoms with van der Waals surface area (Å²) in [6, 6.07) is -2.55. The normalized spacial score (nSPS) is 15.1. The minimum Gasteiger partial charge on any atom is -0.550 e. The van der Waals surface area contributed by atoms with E-state index in [4.69, 9.17) is 37.6 Å². The molecule has 0 amide bonds. The fourth-order valence-electron chi connectivity index (χ4n) is 2.99. The number of nitrogens with two attached hydrogens (primary N) is 3. The first-order valence-corrected chi connectivity index (χ1v) is 12.8. The molecule has 3 heterocycles. The maximum absolute atomic E-state index is 10.3. The number of carboxylic acids is 6. The molecular weight excluding hydrogens is 691 g/mol. The molecule has 0 fully saturated rings. The number of aliphatic imine (C=N–C) groups is 6. The molecule has 0 saturated heterocycles. The number of hydrogen-bond acceptors (Lipinski definition) is 19. The Morgan fingerprint density at radius 2 is 0.857 bits per heavy atom. The van der Waals surface area contributed by atoms with Crippen molar-refractivity contribution in [2.24, 2.45) is 47.2 Å². The van der Waals surface area contributed by atoms with Gasteiger partial charge in [0.25, 0.3) is 0 Å². The molecule has 3 aliphatic heterocycles. The van der Waals surface area contributed by atoms with Crippen molar-refractivity contribution in [1.82, 2.24) is 0 Å². The standard InChI is InChI=1S/3C6H9N3O2.C6H8O7.3Na/c3*7-5(6(10)11)1-4-2-8-3-9-4;7-3(8)1-6(13,5(11)12)2-4(9)10;;;/h3*3,5H,1-2,7H2,(H,10,11);13H,1-2H2,(H,7,8)(H,9,10)(H,11,12);;;/q;;;;3*+1/p-3/t3*5-;;;;/m000..../s1. The summed E-state index contributed by atoms with van der Waals surface area (Å²) < 4.78 is 0. The van der Waals surface area contributed by atoms with E-state index in [1.807, 2.05) is 0 Å². The fraction of sp³-hybridized carbons (Fsp3) is 0.500. The molecule has 0 aromatic heterocycles. The van der Waals surface area contributed by atoms with Crippen LogP contribution in [0.25, 0.3) is 0 Å². The van der Waals surface area contributed by atoms with Crippen molar-refractivity contribution in [3.05, 3.63) is 0 Å². The number of hydrogen-bond donors (Lipinski definition) is 7. The summed E-state index contributed by atoms with van der Waals surface area (Å²) in [6.07, 6.45) is 2.41. The van der Waals surface area contributed by atoms with Crippen molar-refractivity contribution >= 4 is 72.0 Å². The van der Waals surface area contributed by atoms with E-state index in [2.05, 4.69) is 30.0 Å². The average molecular weight is 724 g/mol. The molecular formula is C24H32N9Na3O13. The third kappa shape index (κ3) is 25.3. The largest absolute Gasteiger partial charge is 1.00 e. The second-order valence-electron chi connectivity index (χ2n) is 9.32. The van der Waals surface area contributed by atoms with Gasteiger partial charge in [-0.15, -0.1) is 0 Å². The number of nitrogens with zero attached hydrogens (tertiary/aromatic N) is 6. The summed E-state index contributed by atoms with van der Waals surface area (Å²) in [5.41, 5.74) is 15.0. The third-order valence-electron chi connectivity index (χ3n) is 5.36. The van der Waals surface area contributed by atoms with E-state index < -0.39 is 72.4 Å². The monoisotopic (exact) mass is 723 g/mol. The van der Waals surface area contributed by atoms with Crippen LogP contribution in [0.3, 0.4) is 0 Å². The predicted octanol–water partition coefficient (Wildman–Crippen LogP) is -16.4. The van der Waals surface area contributed by atoms with Crippen molar-refractivity contribution in [2.75, 3.05) is 19.6 Å². The van der Waals surface area contributed by atoms with Crippen LogP contribution in [0.4, 0.5) is 0 Å². The number of carboxylic acid groups (broad SMARTS) is 6. The molecule has 254 valence electrons. The molecule has 0 bridgehead atoms. The topological polar surface area (TPSA) is 405 Å². The Labute approximate surface area is 344 Å². The van der Waals surface area contributed by atoms with E-state index in [1.165, 1.54) is 19.0 Å². The Hall–Kier alpha value is -2.32. The SMILES string of the molecule is N[C@@H](CC1=NC=NC1)C(=O)O.N[C@@H](CC1=NC=NC1)C(=O)O.N[C@@H](CC1=NC=NC1)C(=O)O.O=C([O-])CC(O)(CC(=O)[O-])C(=O)[O-].[Na+].[Na+].[Na+]. The van der Waals surface area contributed by atoms with E-state index in [9.17, 15) is 44.1 Å². The molecule has 3 aliphatic rings. The van der Waals surface area contributed by atoms with Crippen LogP contribution < -0.4 is 121 Å². The van der Waals surface area contributed by atoms with Gasteiger partial charge in [0, 0.05) is 61.2 Å². The molecule has 3 atom stereocenters. The molecule has 0 aromatic carbocycles. The summed E-state index contributed by atoms with van der Waals surface area (Å²) in [7, 11) is 0. The fourth-order valence-corrected chi connectivity index (χ4v) is 2.99. The number of carbonyl (C=O) groups excluding carboxylic acids is 3. The van der Waals surface area contributed by atoms with Crippen LogP contribution in [0.2, 0.25) is 0 Å². The van der Waals surface area contributed by atoms with Gasteiger partial charge in [-0.05, 0) is 0 Å². The van der Waals surface area contributed by atoms with Gasteiger partial charge in [0.1, 0.15) is 42.7 Å². The van der Waals surface area contributed by atoms with Gasteiger partial charge in [-0.3, -0.25) is 29.4 Å². The molecule has 0 aromatic rings. The van der Waals surface area contributed by atoms with Crippen LogP contribution in [0.1, 0.15) is 32.1 Å². The summed E-state index contributed by atoms with van der Waals surface area (Å²) in [5.74, 6) is -8.99. The Morgan fingerprint density at radius 1 is 0.612 bits per heavy atom. The first kappa shape index (κ1) is 53.5. The van der Waals surface area contributed by atoms with Gasteiger partial charge in [0.2, 0.25) is 0 Å². The van der Waals surface area contributed by atoms with Crippen LogP contribution in [-0.2, 0) is 28.8 Å². The van der Waals surface area contributed by atoms with Gasteiger partial charge >= 0.3 is 107 Å². The number of aliphatic carboxylic acids is 6. The van der Waals surface area contributed by atoms with Crippen molar-refractivity contribution < 1.29 is 153 Å².